The molecule has 0 aromatic heterocycles. The summed E-state index contributed by atoms with van der Waals surface area (Å²) >= 11 is 3.42. The van der Waals surface area contributed by atoms with E-state index in [-0.39, 0.29) is 51.8 Å². The lowest BCUT2D eigenvalue weighted by Crippen LogP contribution is -2.04. The molecular formula is C76H60BrF7N4O4. The van der Waals surface area contributed by atoms with Crippen LogP contribution in [0.4, 0.5) is 76.2 Å². The Morgan fingerprint density at radius 3 is 1.16 bits per heavy atom. The van der Waals surface area contributed by atoms with Crippen molar-refractivity contribution in [1.82, 2.24) is 0 Å². The monoisotopic (exact) mass is 1300 g/mol. The molecule has 0 saturated heterocycles. The number of carbonyl (C=O) groups is 2. The summed E-state index contributed by atoms with van der Waals surface area (Å²) in [5.41, 5.74) is 12.1. The second kappa shape index (κ2) is 33.0. The molecule has 0 fully saturated rings. The van der Waals surface area contributed by atoms with Crippen LogP contribution in [-0.4, -0.2) is 22.2 Å². The first-order chi connectivity index (χ1) is 44.3. The minimum atomic E-state index is -1.08. The number of benzene rings is 11. The largest absolute Gasteiger partial charge is 0.478 e. The molecule has 8 nitrogen and oxygen atoms in total. The van der Waals surface area contributed by atoms with Gasteiger partial charge in [0.05, 0.1) is 22.5 Å². The Balaban J connectivity index is 0.000000160. The number of anilines is 8. The van der Waals surface area contributed by atoms with Crippen LogP contribution in [0.25, 0.3) is 24.3 Å². The van der Waals surface area contributed by atoms with Crippen molar-refractivity contribution in [2.24, 2.45) is 0 Å². The fraction of sp³-hybridized carbons (Fsp3) is 0.0526. The number of aromatic carboxylic acids is 2. The number of nitrogens with one attached hydrogen (secondary N) is 4. The van der Waals surface area contributed by atoms with E-state index < -0.39 is 11.9 Å². The topological polar surface area (TPSA) is 123 Å². The zero-order valence-corrected chi connectivity index (χ0v) is 51.1. The van der Waals surface area contributed by atoms with Gasteiger partial charge in [-0.2, -0.15) is 0 Å². The number of carboxylic acid groups (broad SMARTS) is 2. The highest BCUT2D eigenvalue weighted by molar-refractivity contribution is 9.10. The summed E-state index contributed by atoms with van der Waals surface area (Å²) in [6.07, 6.45) is 8.01. The molecule has 11 aromatic rings. The van der Waals surface area contributed by atoms with Crippen molar-refractivity contribution in [1.29, 1.82) is 0 Å². The van der Waals surface area contributed by atoms with Crippen LogP contribution in [0, 0.1) is 54.6 Å². The Bertz CT molecular complexity index is 4360. The first kappa shape index (κ1) is 67.0. The van der Waals surface area contributed by atoms with Crippen molar-refractivity contribution >= 4 is 97.7 Å². The van der Waals surface area contributed by atoms with E-state index in [1.54, 1.807) is 121 Å². The zero-order valence-electron chi connectivity index (χ0n) is 49.6. The molecule has 92 heavy (non-hydrogen) atoms. The fourth-order valence-electron chi connectivity index (χ4n) is 8.93. The van der Waals surface area contributed by atoms with Gasteiger partial charge in [-0.15, -0.1) is 0 Å². The number of rotatable bonds is 17. The summed E-state index contributed by atoms with van der Waals surface area (Å²) in [6, 6.07) is 65.1. The van der Waals surface area contributed by atoms with E-state index >= 15 is 0 Å². The van der Waals surface area contributed by atoms with Gasteiger partial charge < -0.3 is 31.5 Å². The quantitative estimate of drug-likeness (QED) is 0.0394. The summed E-state index contributed by atoms with van der Waals surface area (Å²) in [6.45, 7) is 4.02. The molecule has 6 N–H and O–H groups in total. The second-order valence-corrected chi connectivity index (χ2v) is 21.6. The second-order valence-electron chi connectivity index (χ2n) is 20.7. The Morgan fingerprint density at radius 2 is 0.728 bits per heavy atom. The SMILES string of the molecule is Cc1ccc(/C=C/c2ccccc2F)cc1Nc1ccc(F)cc1.Cc1ccc(Br)cc1Nc1ccc(F)cc1.O=C(O)c1ccc(/C=C/c2ccccc2F)cc1Nc1ccc(F)cc1.O=C(O)c1ccc(CCc2ccccc2F)cc1Nc1ccc(F)cc1. The highest BCUT2D eigenvalue weighted by Gasteiger charge is 2.14. The molecule has 11 aromatic carbocycles. The third-order valence-corrected chi connectivity index (χ3v) is 14.4. The first-order valence-corrected chi connectivity index (χ1v) is 29.4. The van der Waals surface area contributed by atoms with E-state index in [4.69, 9.17) is 0 Å². The highest BCUT2D eigenvalue weighted by Crippen LogP contribution is 2.29. The van der Waals surface area contributed by atoms with E-state index in [2.05, 4.69) is 37.2 Å². The summed E-state index contributed by atoms with van der Waals surface area (Å²) < 4.78 is 93.9. The average molecular weight is 1310 g/mol. The van der Waals surface area contributed by atoms with E-state index in [1.807, 2.05) is 56.3 Å². The summed E-state index contributed by atoms with van der Waals surface area (Å²) in [4.78, 5) is 22.9. The smallest absolute Gasteiger partial charge is 0.337 e. The third kappa shape index (κ3) is 20.5. The minimum absolute atomic E-state index is 0.0809. The molecule has 0 spiro atoms. The van der Waals surface area contributed by atoms with Crippen molar-refractivity contribution in [3.8, 4) is 0 Å². The predicted molar refractivity (Wildman–Crippen MR) is 360 cm³/mol. The number of carboxylic acids is 2. The molecule has 0 aliphatic rings. The van der Waals surface area contributed by atoms with Gasteiger partial charge in [-0.25, -0.2) is 40.3 Å². The van der Waals surface area contributed by atoms with Crippen LogP contribution in [-0.2, 0) is 12.8 Å². The van der Waals surface area contributed by atoms with Crippen molar-refractivity contribution in [2.75, 3.05) is 21.3 Å². The van der Waals surface area contributed by atoms with Crippen molar-refractivity contribution in [3.63, 3.8) is 0 Å². The van der Waals surface area contributed by atoms with Crippen molar-refractivity contribution in [2.45, 2.75) is 26.7 Å². The van der Waals surface area contributed by atoms with Gasteiger partial charge in [-0.3, -0.25) is 0 Å². The van der Waals surface area contributed by atoms with Gasteiger partial charge in [-0.1, -0.05) is 125 Å². The first-order valence-electron chi connectivity index (χ1n) is 28.6. The van der Waals surface area contributed by atoms with Gasteiger partial charge in [0.2, 0.25) is 0 Å². The van der Waals surface area contributed by atoms with Gasteiger partial charge in [0.25, 0.3) is 0 Å². The Hall–Kier alpha value is -11.0. The van der Waals surface area contributed by atoms with Gasteiger partial charge in [0, 0.05) is 49.7 Å². The van der Waals surface area contributed by atoms with Crippen LogP contribution in [0.3, 0.4) is 0 Å². The van der Waals surface area contributed by atoms with Gasteiger partial charge >= 0.3 is 11.9 Å². The van der Waals surface area contributed by atoms with Gasteiger partial charge in [0.1, 0.15) is 40.7 Å². The Labute approximate surface area is 536 Å². The number of hydrogen-bond acceptors (Lipinski definition) is 6. The number of hydrogen-bond donors (Lipinski definition) is 6. The van der Waals surface area contributed by atoms with Crippen molar-refractivity contribution in [3.05, 3.63) is 343 Å². The molecular weight excluding hydrogens is 1250 g/mol. The molecule has 0 heterocycles. The van der Waals surface area contributed by atoms with E-state index in [1.165, 1.54) is 103 Å². The molecule has 464 valence electrons. The summed E-state index contributed by atoms with van der Waals surface area (Å²) in [7, 11) is 0. The molecule has 0 amide bonds. The molecule has 16 heteroatoms. The highest BCUT2D eigenvalue weighted by atomic mass is 79.9. The molecule has 0 bridgehead atoms. The maximum atomic E-state index is 13.7. The van der Waals surface area contributed by atoms with Gasteiger partial charge in [0.15, 0.2) is 0 Å². The zero-order chi connectivity index (χ0) is 65.5. The number of aryl methyl sites for hydroxylation is 4. The molecule has 0 radical (unpaired) electrons. The van der Waals surface area contributed by atoms with E-state index in [0.717, 1.165) is 49.5 Å². The third-order valence-electron chi connectivity index (χ3n) is 13.9. The molecule has 0 saturated carbocycles. The normalized spacial score (nSPS) is 10.7. The van der Waals surface area contributed by atoms with Gasteiger partial charge in [-0.05, 0) is 218 Å². The lowest BCUT2D eigenvalue weighted by molar-refractivity contribution is 0.0687. The minimum Gasteiger partial charge on any atom is -0.478 e. The van der Waals surface area contributed by atoms with Crippen LogP contribution < -0.4 is 21.3 Å². The molecule has 0 unspecified atom stereocenters. The Morgan fingerprint density at radius 1 is 0.370 bits per heavy atom. The van der Waals surface area contributed by atoms with E-state index in [0.29, 0.717) is 57.8 Å². The lowest BCUT2D eigenvalue weighted by Gasteiger charge is -2.12. The maximum absolute atomic E-state index is 13.7. The molecule has 11 rings (SSSR count). The van der Waals surface area contributed by atoms with Crippen LogP contribution in [0.1, 0.15) is 65.2 Å². The molecule has 0 aliphatic carbocycles. The van der Waals surface area contributed by atoms with Crippen LogP contribution in [0.15, 0.2) is 247 Å². The van der Waals surface area contributed by atoms with Crippen LogP contribution >= 0.6 is 15.9 Å². The van der Waals surface area contributed by atoms with Crippen molar-refractivity contribution < 1.29 is 50.5 Å². The maximum Gasteiger partial charge on any atom is 0.337 e. The number of halogens is 8. The summed E-state index contributed by atoms with van der Waals surface area (Å²) in [5.74, 6) is -4.21. The van der Waals surface area contributed by atoms with E-state index in [9.17, 15) is 50.5 Å². The van der Waals surface area contributed by atoms with Crippen LogP contribution in [0.5, 0.6) is 0 Å². The molecule has 0 aliphatic heterocycles. The average Bonchev–Trinajstić information content (AvgIpc) is 1.18. The van der Waals surface area contributed by atoms with Crippen LogP contribution in [0.2, 0.25) is 0 Å². The summed E-state index contributed by atoms with van der Waals surface area (Å²) in [5, 5.41) is 31.2. The Kier molecular flexibility index (Phi) is 24.0. The molecule has 0 atom stereocenters. The fourth-order valence-corrected chi connectivity index (χ4v) is 9.29. The predicted octanol–water partition coefficient (Wildman–Crippen LogP) is 21.6. The standard InChI is InChI=1S/C21H17F2NO2.C21H15F2NO2.C21H17F2N.C13H11BrFN/c2*22-16-8-10-17(11-9-16)24-20-13-14(6-12-18(20)21(25)26)5-7-15-3-1-2-4-19(15)23;1-15-6-7-16(8-9-17-4-2-3-5-20(17)23)14-21(15)24-19-12-10-18(22)11-13-19;1-9-2-3-10(14)8-13(9)16-12-6-4-11(15)5-7-12/h1-4,6,8-13,24H,5,7H2,(H,25,26);1-13,24H,(H,25,26);2-14,24H,1H3;2-8,16H,1H3/b;7-5+;9-8+;. The lowest BCUT2D eigenvalue weighted by atomic mass is 10.0.